The Morgan fingerprint density at radius 2 is 1.86 bits per heavy atom. The van der Waals surface area contributed by atoms with Gasteiger partial charge in [0.2, 0.25) is 0 Å². The SMILES string of the molecule is Cc1cc(C)c(NC(=O)c2cccc(Cl)c2)c(C(=O)O)c1. The van der Waals surface area contributed by atoms with E-state index in [-0.39, 0.29) is 5.56 Å². The minimum atomic E-state index is -1.08. The van der Waals surface area contributed by atoms with E-state index < -0.39 is 11.9 Å². The second kappa shape index (κ2) is 5.97. The van der Waals surface area contributed by atoms with Crippen molar-refractivity contribution in [3.05, 3.63) is 63.7 Å². The number of rotatable bonds is 3. The first-order chi connectivity index (χ1) is 9.88. The maximum atomic E-state index is 12.2. The molecule has 0 atom stereocenters. The summed E-state index contributed by atoms with van der Waals surface area (Å²) in [5.74, 6) is -1.48. The molecule has 0 aliphatic rings. The van der Waals surface area contributed by atoms with E-state index in [4.69, 9.17) is 11.6 Å². The molecule has 0 fully saturated rings. The molecular formula is C16H14ClNO3. The highest BCUT2D eigenvalue weighted by molar-refractivity contribution is 6.31. The van der Waals surface area contributed by atoms with Gasteiger partial charge in [-0.25, -0.2) is 4.79 Å². The highest BCUT2D eigenvalue weighted by atomic mass is 35.5. The second-order valence-corrected chi connectivity index (χ2v) is 5.21. The summed E-state index contributed by atoms with van der Waals surface area (Å²) in [5.41, 5.74) is 2.27. The summed E-state index contributed by atoms with van der Waals surface area (Å²) in [6, 6.07) is 9.82. The van der Waals surface area contributed by atoms with Gasteiger partial charge < -0.3 is 10.4 Å². The van der Waals surface area contributed by atoms with Gasteiger partial charge in [-0.05, 0) is 49.2 Å². The average Bonchev–Trinajstić information content (AvgIpc) is 2.41. The van der Waals surface area contributed by atoms with Crippen molar-refractivity contribution in [1.29, 1.82) is 0 Å². The largest absolute Gasteiger partial charge is 0.478 e. The summed E-state index contributed by atoms with van der Waals surface area (Å²) in [7, 11) is 0. The maximum absolute atomic E-state index is 12.2. The number of carbonyl (C=O) groups excluding carboxylic acids is 1. The van der Waals surface area contributed by atoms with Gasteiger partial charge in [0.05, 0.1) is 11.3 Å². The van der Waals surface area contributed by atoms with Crippen LogP contribution in [0.5, 0.6) is 0 Å². The Morgan fingerprint density at radius 3 is 2.48 bits per heavy atom. The highest BCUT2D eigenvalue weighted by Crippen LogP contribution is 2.24. The van der Waals surface area contributed by atoms with Crippen LogP contribution in [0, 0.1) is 13.8 Å². The van der Waals surface area contributed by atoms with Crippen LogP contribution in [-0.4, -0.2) is 17.0 Å². The molecule has 0 bridgehead atoms. The van der Waals surface area contributed by atoms with Crippen LogP contribution in [0.3, 0.4) is 0 Å². The predicted octanol–water partition coefficient (Wildman–Crippen LogP) is 3.91. The number of carboxylic acid groups (broad SMARTS) is 1. The number of aryl methyl sites for hydroxylation is 2. The van der Waals surface area contributed by atoms with Crippen molar-refractivity contribution in [1.82, 2.24) is 0 Å². The highest BCUT2D eigenvalue weighted by Gasteiger charge is 2.16. The van der Waals surface area contributed by atoms with Gasteiger partial charge >= 0.3 is 5.97 Å². The van der Waals surface area contributed by atoms with Crippen LogP contribution in [0.15, 0.2) is 36.4 Å². The van der Waals surface area contributed by atoms with Gasteiger partial charge in [0.15, 0.2) is 0 Å². The van der Waals surface area contributed by atoms with Crippen molar-refractivity contribution in [2.24, 2.45) is 0 Å². The monoisotopic (exact) mass is 303 g/mol. The molecule has 0 aliphatic carbocycles. The Hall–Kier alpha value is -2.33. The molecule has 0 spiro atoms. The molecular weight excluding hydrogens is 290 g/mol. The molecule has 1 amide bonds. The fourth-order valence-electron chi connectivity index (χ4n) is 2.12. The van der Waals surface area contributed by atoms with Gasteiger partial charge in [-0.2, -0.15) is 0 Å². The molecule has 0 saturated heterocycles. The Kier molecular flexibility index (Phi) is 4.29. The van der Waals surface area contributed by atoms with Crippen molar-refractivity contribution in [2.75, 3.05) is 5.32 Å². The Balaban J connectivity index is 2.39. The van der Waals surface area contributed by atoms with Crippen LogP contribution in [0.25, 0.3) is 0 Å². The Morgan fingerprint density at radius 1 is 1.14 bits per heavy atom. The Labute approximate surface area is 127 Å². The molecule has 2 aromatic rings. The van der Waals surface area contributed by atoms with Crippen molar-refractivity contribution in [3.8, 4) is 0 Å². The van der Waals surface area contributed by atoms with Gasteiger partial charge in [0.25, 0.3) is 5.91 Å². The lowest BCUT2D eigenvalue weighted by Crippen LogP contribution is -2.16. The smallest absolute Gasteiger partial charge is 0.337 e. The molecule has 0 aliphatic heterocycles. The molecule has 0 unspecified atom stereocenters. The normalized spacial score (nSPS) is 10.2. The van der Waals surface area contributed by atoms with Crippen molar-refractivity contribution in [2.45, 2.75) is 13.8 Å². The number of aromatic carboxylic acids is 1. The van der Waals surface area contributed by atoms with Crippen molar-refractivity contribution < 1.29 is 14.7 Å². The third-order valence-electron chi connectivity index (χ3n) is 3.04. The van der Waals surface area contributed by atoms with Crippen LogP contribution in [0.4, 0.5) is 5.69 Å². The van der Waals surface area contributed by atoms with E-state index in [2.05, 4.69) is 5.32 Å². The summed E-state index contributed by atoms with van der Waals surface area (Å²) in [4.78, 5) is 23.5. The molecule has 0 saturated carbocycles. The minimum Gasteiger partial charge on any atom is -0.478 e. The summed E-state index contributed by atoms with van der Waals surface area (Å²) in [6.45, 7) is 3.56. The molecule has 4 nitrogen and oxygen atoms in total. The maximum Gasteiger partial charge on any atom is 0.337 e. The van der Waals surface area contributed by atoms with E-state index in [1.54, 1.807) is 25.1 Å². The molecule has 5 heteroatoms. The number of amides is 1. The molecule has 2 rings (SSSR count). The summed E-state index contributed by atoms with van der Waals surface area (Å²) >= 11 is 5.85. The molecule has 21 heavy (non-hydrogen) atoms. The number of hydrogen-bond acceptors (Lipinski definition) is 2. The molecule has 0 aromatic heterocycles. The van der Waals surface area contributed by atoms with E-state index in [1.165, 1.54) is 12.1 Å². The van der Waals surface area contributed by atoms with E-state index in [9.17, 15) is 14.7 Å². The zero-order chi connectivity index (χ0) is 15.6. The number of carbonyl (C=O) groups is 2. The standard InChI is InChI=1S/C16H14ClNO3/c1-9-6-10(2)14(13(7-9)16(20)21)18-15(19)11-4-3-5-12(17)8-11/h3-8H,1-2H3,(H,18,19)(H,20,21). The van der Waals surface area contributed by atoms with Crippen LogP contribution in [0.1, 0.15) is 31.8 Å². The fraction of sp³-hybridized carbons (Fsp3) is 0.125. The third kappa shape index (κ3) is 3.41. The summed E-state index contributed by atoms with van der Waals surface area (Å²) in [5, 5.41) is 12.4. The second-order valence-electron chi connectivity index (χ2n) is 4.77. The van der Waals surface area contributed by atoms with Gasteiger partial charge in [0.1, 0.15) is 0 Å². The van der Waals surface area contributed by atoms with Crippen LogP contribution >= 0.6 is 11.6 Å². The van der Waals surface area contributed by atoms with Gasteiger partial charge in [-0.15, -0.1) is 0 Å². The number of halogens is 1. The quantitative estimate of drug-likeness (QED) is 0.903. The topological polar surface area (TPSA) is 66.4 Å². The first-order valence-electron chi connectivity index (χ1n) is 6.30. The van der Waals surface area contributed by atoms with E-state index in [0.29, 0.717) is 21.8 Å². The van der Waals surface area contributed by atoms with Crippen molar-refractivity contribution >= 4 is 29.2 Å². The molecule has 108 valence electrons. The lowest BCUT2D eigenvalue weighted by atomic mass is 10.0. The van der Waals surface area contributed by atoms with E-state index in [0.717, 1.165) is 5.56 Å². The number of nitrogens with one attached hydrogen (secondary N) is 1. The molecule has 0 heterocycles. The lowest BCUT2D eigenvalue weighted by Gasteiger charge is -2.13. The fourth-order valence-corrected chi connectivity index (χ4v) is 2.31. The summed E-state index contributed by atoms with van der Waals surface area (Å²) < 4.78 is 0. The number of hydrogen-bond donors (Lipinski definition) is 2. The van der Waals surface area contributed by atoms with Crippen LogP contribution < -0.4 is 5.32 Å². The average molecular weight is 304 g/mol. The first kappa shape index (κ1) is 15.1. The first-order valence-corrected chi connectivity index (χ1v) is 6.67. The number of carboxylic acids is 1. The molecule has 2 aromatic carbocycles. The zero-order valence-electron chi connectivity index (χ0n) is 11.6. The predicted molar refractivity (Wildman–Crippen MR) is 82.3 cm³/mol. The molecule has 2 N–H and O–H groups in total. The van der Waals surface area contributed by atoms with Gasteiger partial charge in [0, 0.05) is 10.6 Å². The van der Waals surface area contributed by atoms with Crippen LogP contribution in [0.2, 0.25) is 5.02 Å². The third-order valence-corrected chi connectivity index (χ3v) is 3.27. The number of benzene rings is 2. The van der Waals surface area contributed by atoms with Gasteiger partial charge in [-0.3, -0.25) is 4.79 Å². The minimum absolute atomic E-state index is 0.0721. The van der Waals surface area contributed by atoms with E-state index in [1.807, 2.05) is 13.0 Å². The zero-order valence-corrected chi connectivity index (χ0v) is 12.4. The molecule has 0 radical (unpaired) electrons. The van der Waals surface area contributed by atoms with Crippen LogP contribution in [-0.2, 0) is 0 Å². The van der Waals surface area contributed by atoms with Gasteiger partial charge in [-0.1, -0.05) is 23.7 Å². The number of anilines is 1. The lowest BCUT2D eigenvalue weighted by molar-refractivity contribution is 0.0698. The Bertz CT molecular complexity index is 725. The summed E-state index contributed by atoms with van der Waals surface area (Å²) in [6.07, 6.45) is 0. The van der Waals surface area contributed by atoms with E-state index >= 15 is 0 Å². The van der Waals surface area contributed by atoms with Crippen molar-refractivity contribution in [3.63, 3.8) is 0 Å².